The fourth-order valence-electron chi connectivity index (χ4n) is 3.93. The molecule has 3 aromatic rings. The van der Waals surface area contributed by atoms with Crippen LogP contribution >= 0.6 is 11.3 Å². The van der Waals surface area contributed by atoms with Crippen molar-refractivity contribution in [3.05, 3.63) is 53.3 Å². The SMILES string of the molecule is Cc1ccccc1-n1cc(-c2nc(C(=O)N(C(C)C)C3CCNCC3)cs2)cn1. The Morgan fingerprint density at radius 1 is 1.28 bits per heavy atom. The monoisotopic (exact) mass is 409 g/mol. The van der Waals surface area contributed by atoms with E-state index in [1.165, 1.54) is 11.3 Å². The Balaban J connectivity index is 1.56. The summed E-state index contributed by atoms with van der Waals surface area (Å²) in [5.74, 6) is 0.0284. The van der Waals surface area contributed by atoms with Gasteiger partial charge in [0, 0.05) is 29.2 Å². The van der Waals surface area contributed by atoms with Gasteiger partial charge in [-0.2, -0.15) is 5.10 Å². The minimum absolute atomic E-state index is 0.0284. The van der Waals surface area contributed by atoms with Gasteiger partial charge in [0.05, 0.1) is 11.9 Å². The van der Waals surface area contributed by atoms with E-state index in [4.69, 9.17) is 0 Å². The summed E-state index contributed by atoms with van der Waals surface area (Å²) in [6, 6.07) is 8.56. The van der Waals surface area contributed by atoms with Crippen LogP contribution in [0.1, 0.15) is 42.7 Å². The van der Waals surface area contributed by atoms with Crippen LogP contribution in [0.2, 0.25) is 0 Å². The summed E-state index contributed by atoms with van der Waals surface area (Å²) in [5.41, 5.74) is 3.66. The molecular formula is C22H27N5OS. The fraction of sp³-hybridized carbons (Fsp3) is 0.409. The van der Waals surface area contributed by atoms with E-state index in [9.17, 15) is 4.79 Å². The standard InChI is InChI=1S/C22H27N5OS/c1-15(2)27(18-8-10-23-11-9-18)22(28)19-14-29-21(25-19)17-12-24-26(13-17)20-7-5-4-6-16(20)3/h4-7,12-15,18,23H,8-11H2,1-3H3. The van der Waals surface area contributed by atoms with Gasteiger partial charge in [0.25, 0.3) is 5.91 Å². The second kappa shape index (κ2) is 8.47. The first-order valence-electron chi connectivity index (χ1n) is 10.1. The molecule has 0 atom stereocenters. The van der Waals surface area contributed by atoms with E-state index < -0.39 is 0 Å². The number of thiazole rings is 1. The van der Waals surface area contributed by atoms with Crippen molar-refractivity contribution in [2.45, 2.75) is 45.7 Å². The van der Waals surface area contributed by atoms with Crippen molar-refractivity contribution in [2.24, 2.45) is 0 Å². The Hall–Kier alpha value is -2.51. The molecule has 1 saturated heterocycles. The molecule has 29 heavy (non-hydrogen) atoms. The average molecular weight is 410 g/mol. The largest absolute Gasteiger partial charge is 0.332 e. The average Bonchev–Trinajstić information content (AvgIpc) is 3.39. The smallest absolute Gasteiger partial charge is 0.273 e. The maximum absolute atomic E-state index is 13.2. The van der Waals surface area contributed by atoms with Gasteiger partial charge < -0.3 is 10.2 Å². The van der Waals surface area contributed by atoms with Gasteiger partial charge in [0.2, 0.25) is 0 Å². The minimum Gasteiger partial charge on any atom is -0.332 e. The molecule has 0 radical (unpaired) electrons. The molecule has 1 amide bonds. The molecule has 0 bridgehead atoms. The summed E-state index contributed by atoms with van der Waals surface area (Å²) in [6.07, 6.45) is 5.77. The highest BCUT2D eigenvalue weighted by atomic mass is 32.1. The first kappa shape index (κ1) is 19.8. The number of amides is 1. The lowest BCUT2D eigenvalue weighted by molar-refractivity contribution is 0.0560. The zero-order chi connectivity index (χ0) is 20.4. The normalized spacial score (nSPS) is 15.0. The maximum Gasteiger partial charge on any atom is 0.273 e. The zero-order valence-corrected chi connectivity index (χ0v) is 17.9. The van der Waals surface area contributed by atoms with Gasteiger partial charge in [-0.3, -0.25) is 4.79 Å². The van der Waals surface area contributed by atoms with Gasteiger partial charge in [-0.1, -0.05) is 18.2 Å². The molecule has 152 valence electrons. The van der Waals surface area contributed by atoms with Crippen LogP contribution in [0.25, 0.3) is 16.3 Å². The van der Waals surface area contributed by atoms with Crippen LogP contribution in [0.4, 0.5) is 0 Å². The lowest BCUT2D eigenvalue weighted by atomic mass is 10.0. The minimum atomic E-state index is 0.0284. The number of rotatable bonds is 5. The zero-order valence-electron chi connectivity index (χ0n) is 17.1. The van der Waals surface area contributed by atoms with E-state index in [-0.39, 0.29) is 18.0 Å². The highest BCUT2D eigenvalue weighted by Crippen LogP contribution is 2.27. The highest BCUT2D eigenvalue weighted by Gasteiger charge is 2.29. The van der Waals surface area contributed by atoms with E-state index in [0.717, 1.165) is 47.8 Å². The summed E-state index contributed by atoms with van der Waals surface area (Å²) in [4.78, 5) is 19.9. The first-order valence-corrected chi connectivity index (χ1v) is 11.0. The Bertz CT molecular complexity index is 987. The maximum atomic E-state index is 13.2. The summed E-state index contributed by atoms with van der Waals surface area (Å²) < 4.78 is 1.86. The molecule has 0 unspecified atom stereocenters. The Morgan fingerprint density at radius 2 is 2.03 bits per heavy atom. The lowest BCUT2D eigenvalue weighted by Gasteiger charge is -2.37. The number of hydrogen-bond donors (Lipinski definition) is 1. The predicted molar refractivity (Wildman–Crippen MR) is 117 cm³/mol. The van der Waals surface area contributed by atoms with Crippen molar-refractivity contribution in [3.63, 3.8) is 0 Å². The molecular weight excluding hydrogens is 382 g/mol. The van der Waals surface area contributed by atoms with Crippen LogP contribution in [0.5, 0.6) is 0 Å². The predicted octanol–water partition coefficient (Wildman–Crippen LogP) is 3.91. The summed E-state index contributed by atoms with van der Waals surface area (Å²) in [7, 11) is 0. The third kappa shape index (κ3) is 4.11. The Kier molecular flexibility index (Phi) is 5.78. The Labute approximate surface area is 175 Å². The lowest BCUT2D eigenvalue weighted by Crippen LogP contribution is -2.49. The molecule has 7 heteroatoms. The van der Waals surface area contributed by atoms with Gasteiger partial charge in [-0.25, -0.2) is 9.67 Å². The van der Waals surface area contributed by atoms with Crippen LogP contribution in [0, 0.1) is 6.92 Å². The molecule has 0 aliphatic carbocycles. The van der Waals surface area contributed by atoms with Gasteiger partial charge in [-0.05, 0) is 58.3 Å². The number of piperidine rings is 1. The molecule has 1 N–H and O–H groups in total. The molecule has 0 saturated carbocycles. The van der Waals surface area contributed by atoms with Gasteiger partial charge in [0.1, 0.15) is 10.7 Å². The molecule has 1 fully saturated rings. The van der Waals surface area contributed by atoms with E-state index in [1.807, 2.05) is 45.6 Å². The third-order valence-electron chi connectivity index (χ3n) is 5.41. The second-order valence-electron chi connectivity index (χ2n) is 7.79. The molecule has 1 aliphatic rings. The topological polar surface area (TPSA) is 63.1 Å². The third-order valence-corrected chi connectivity index (χ3v) is 6.30. The van der Waals surface area contributed by atoms with E-state index >= 15 is 0 Å². The van der Waals surface area contributed by atoms with Gasteiger partial charge in [-0.15, -0.1) is 11.3 Å². The van der Waals surface area contributed by atoms with Crippen LogP contribution in [-0.2, 0) is 0 Å². The number of nitrogens with one attached hydrogen (secondary N) is 1. The molecule has 4 rings (SSSR count). The number of para-hydroxylation sites is 1. The summed E-state index contributed by atoms with van der Waals surface area (Å²) in [6.45, 7) is 8.15. The number of aromatic nitrogens is 3. The number of carbonyl (C=O) groups is 1. The molecule has 1 aromatic carbocycles. The molecule has 3 heterocycles. The van der Waals surface area contributed by atoms with Crippen molar-refractivity contribution < 1.29 is 4.79 Å². The van der Waals surface area contributed by atoms with Crippen LogP contribution in [-0.4, -0.2) is 50.7 Å². The van der Waals surface area contributed by atoms with Gasteiger partial charge >= 0.3 is 0 Å². The summed E-state index contributed by atoms with van der Waals surface area (Å²) >= 11 is 1.50. The quantitative estimate of drug-likeness (QED) is 0.694. The number of benzene rings is 1. The Morgan fingerprint density at radius 3 is 2.76 bits per heavy atom. The number of aryl methyl sites for hydroxylation is 1. The fourth-order valence-corrected chi connectivity index (χ4v) is 4.70. The van der Waals surface area contributed by atoms with Crippen molar-refractivity contribution in [3.8, 4) is 16.3 Å². The molecule has 2 aromatic heterocycles. The second-order valence-corrected chi connectivity index (χ2v) is 8.64. The van der Waals surface area contributed by atoms with Crippen LogP contribution in [0.15, 0.2) is 42.0 Å². The number of hydrogen-bond acceptors (Lipinski definition) is 5. The van der Waals surface area contributed by atoms with Crippen molar-refractivity contribution in [1.82, 2.24) is 25.0 Å². The molecule has 1 aliphatic heterocycles. The molecule has 0 spiro atoms. The van der Waals surface area contributed by atoms with Crippen LogP contribution in [0.3, 0.4) is 0 Å². The highest BCUT2D eigenvalue weighted by molar-refractivity contribution is 7.13. The van der Waals surface area contributed by atoms with Gasteiger partial charge in [0.15, 0.2) is 0 Å². The van der Waals surface area contributed by atoms with Crippen molar-refractivity contribution in [1.29, 1.82) is 0 Å². The van der Waals surface area contributed by atoms with E-state index in [1.54, 1.807) is 0 Å². The van der Waals surface area contributed by atoms with Crippen LogP contribution < -0.4 is 5.32 Å². The van der Waals surface area contributed by atoms with E-state index in [0.29, 0.717) is 5.69 Å². The van der Waals surface area contributed by atoms with E-state index in [2.05, 4.69) is 42.2 Å². The number of nitrogens with zero attached hydrogens (tertiary/aromatic N) is 4. The number of carbonyl (C=O) groups excluding carboxylic acids is 1. The first-order chi connectivity index (χ1) is 14.0. The summed E-state index contributed by atoms with van der Waals surface area (Å²) in [5, 5.41) is 10.6. The molecule has 6 nitrogen and oxygen atoms in total. The van der Waals surface area contributed by atoms with Crippen molar-refractivity contribution >= 4 is 17.2 Å². The van der Waals surface area contributed by atoms with Crippen molar-refractivity contribution in [2.75, 3.05) is 13.1 Å².